The summed E-state index contributed by atoms with van der Waals surface area (Å²) in [6.07, 6.45) is 0. The lowest BCUT2D eigenvalue weighted by atomic mass is 10.3. The van der Waals surface area contributed by atoms with Crippen molar-refractivity contribution in [1.82, 2.24) is 0 Å². The average Bonchev–Trinajstić information content (AvgIpc) is 2.31. The topological polar surface area (TPSA) is 70.8 Å². The standard InChI is InChI=1S/C12H17NO4/c1-4-16-10-6-5-9(7-11(10)15-3)17-12(14)8(2)13/h5-8H,4,13H2,1-3H3/t8-/m0/s1. The first kappa shape index (κ1) is 13.3. The minimum Gasteiger partial charge on any atom is -0.493 e. The highest BCUT2D eigenvalue weighted by atomic mass is 16.5. The number of ether oxygens (including phenoxy) is 3. The van der Waals surface area contributed by atoms with Crippen LogP contribution in [0.15, 0.2) is 18.2 Å². The van der Waals surface area contributed by atoms with Gasteiger partial charge >= 0.3 is 5.97 Å². The van der Waals surface area contributed by atoms with Gasteiger partial charge in [0, 0.05) is 6.07 Å². The molecule has 17 heavy (non-hydrogen) atoms. The zero-order valence-electron chi connectivity index (χ0n) is 10.2. The molecule has 1 rings (SSSR count). The van der Waals surface area contributed by atoms with Crippen LogP contribution < -0.4 is 19.9 Å². The van der Waals surface area contributed by atoms with Crippen molar-refractivity contribution < 1.29 is 19.0 Å². The average molecular weight is 239 g/mol. The van der Waals surface area contributed by atoms with Gasteiger partial charge in [0.1, 0.15) is 11.8 Å². The van der Waals surface area contributed by atoms with E-state index in [0.717, 1.165) is 0 Å². The fourth-order valence-electron chi connectivity index (χ4n) is 1.20. The molecular formula is C12H17NO4. The second-order valence-electron chi connectivity index (χ2n) is 3.46. The number of hydrogen-bond donors (Lipinski definition) is 1. The molecule has 2 N–H and O–H groups in total. The van der Waals surface area contributed by atoms with E-state index in [1.54, 1.807) is 25.1 Å². The molecule has 0 aromatic heterocycles. The van der Waals surface area contributed by atoms with E-state index in [-0.39, 0.29) is 0 Å². The SMILES string of the molecule is CCOc1ccc(OC(=O)[C@H](C)N)cc1OC. The van der Waals surface area contributed by atoms with Crippen LogP contribution in [-0.2, 0) is 4.79 Å². The molecule has 5 nitrogen and oxygen atoms in total. The lowest BCUT2D eigenvalue weighted by Gasteiger charge is -2.11. The zero-order valence-corrected chi connectivity index (χ0v) is 10.2. The highest BCUT2D eigenvalue weighted by molar-refractivity contribution is 5.77. The highest BCUT2D eigenvalue weighted by Crippen LogP contribution is 2.31. The molecule has 0 spiro atoms. The summed E-state index contributed by atoms with van der Waals surface area (Å²) in [5, 5.41) is 0. The maximum Gasteiger partial charge on any atom is 0.328 e. The van der Waals surface area contributed by atoms with Crippen LogP contribution in [0.4, 0.5) is 0 Å². The fourth-order valence-corrected chi connectivity index (χ4v) is 1.20. The molecule has 0 radical (unpaired) electrons. The van der Waals surface area contributed by atoms with E-state index in [4.69, 9.17) is 19.9 Å². The molecule has 0 saturated heterocycles. The molecule has 0 aliphatic rings. The minimum absolute atomic E-state index is 0.382. The van der Waals surface area contributed by atoms with Gasteiger partial charge < -0.3 is 19.9 Å². The Labute approximate surface area is 100 Å². The normalized spacial score (nSPS) is 11.8. The molecule has 1 aromatic rings. The molecule has 0 amide bonds. The number of esters is 1. The summed E-state index contributed by atoms with van der Waals surface area (Å²) in [7, 11) is 1.52. The first-order chi connectivity index (χ1) is 8.08. The molecule has 0 aliphatic heterocycles. The number of nitrogens with two attached hydrogens (primary N) is 1. The molecule has 5 heteroatoms. The van der Waals surface area contributed by atoms with E-state index in [2.05, 4.69) is 0 Å². The summed E-state index contributed by atoms with van der Waals surface area (Å²) in [5.41, 5.74) is 5.40. The van der Waals surface area contributed by atoms with Crippen LogP contribution in [0.3, 0.4) is 0 Å². The molecule has 0 bridgehead atoms. The maximum absolute atomic E-state index is 11.3. The van der Waals surface area contributed by atoms with Crippen molar-refractivity contribution in [3.63, 3.8) is 0 Å². The Kier molecular flexibility index (Phi) is 4.78. The monoisotopic (exact) mass is 239 g/mol. The fraction of sp³-hybridized carbons (Fsp3) is 0.417. The Hall–Kier alpha value is -1.75. The molecule has 1 atom stereocenters. The number of carbonyl (C=O) groups is 1. The van der Waals surface area contributed by atoms with E-state index in [1.807, 2.05) is 6.92 Å². The first-order valence-electron chi connectivity index (χ1n) is 5.36. The van der Waals surface area contributed by atoms with Crippen molar-refractivity contribution >= 4 is 5.97 Å². The second-order valence-corrected chi connectivity index (χ2v) is 3.46. The smallest absolute Gasteiger partial charge is 0.328 e. The molecule has 94 valence electrons. The van der Waals surface area contributed by atoms with E-state index in [9.17, 15) is 4.79 Å². The van der Waals surface area contributed by atoms with E-state index in [0.29, 0.717) is 23.9 Å². The van der Waals surface area contributed by atoms with Gasteiger partial charge in [-0.15, -0.1) is 0 Å². The Morgan fingerprint density at radius 3 is 2.65 bits per heavy atom. The van der Waals surface area contributed by atoms with Crippen LogP contribution in [0.1, 0.15) is 13.8 Å². The molecular weight excluding hydrogens is 222 g/mol. The van der Waals surface area contributed by atoms with Crippen LogP contribution in [-0.4, -0.2) is 25.7 Å². The number of rotatable bonds is 5. The molecule has 0 heterocycles. The minimum atomic E-state index is -0.660. The van der Waals surface area contributed by atoms with Gasteiger partial charge in [-0.2, -0.15) is 0 Å². The van der Waals surface area contributed by atoms with Crippen LogP contribution in [0.25, 0.3) is 0 Å². The highest BCUT2D eigenvalue weighted by Gasteiger charge is 2.12. The summed E-state index contributed by atoms with van der Waals surface area (Å²) in [6.45, 7) is 3.98. The number of hydrogen-bond acceptors (Lipinski definition) is 5. The Morgan fingerprint density at radius 1 is 1.41 bits per heavy atom. The largest absolute Gasteiger partial charge is 0.493 e. The quantitative estimate of drug-likeness (QED) is 0.620. The predicted octanol–water partition coefficient (Wildman–Crippen LogP) is 1.35. The third kappa shape index (κ3) is 3.64. The molecule has 0 aliphatic carbocycles. The zero-order chi connectivity index (χ0) is 12.8. The summed E-state index contributed by atoms with van der Waals surface area (Å²) in [5.74, 6) is 1.02. The van der Waals surface area contributed by atoms with Crippen LogP contribution in [0, 0.1) is 0 Å². The van der Waals surface area contributed by atoms with Crippen LogP contribution in [0.2, 0.25) is 0 Å². The van der Waals surface area contributed by atoms with Crippen molar-refractivity contribution in [3.8, 4) is 17.2 Å². The molecule has 0 unspecified atom stereocenters. The van der Waals surface area contributed by atoms with E-state index in [1.165, 1.54) is 7.11 Å². The number of carbonyl (C=O) groups excluding carboxylic acids is 1. The Balaban J connectivity index is 2.85. The van der Waals surface area contributed by atoms with Crippen molar-refractivity contribution in [2.75, 3.05) is 13.7 Å². The van der Waals surface area contributed by atoms with Gasteiger partial charge in [-0.25, -0.2) is 4.79 Å². The van der Waals surface area contributed by atoms with Gasteiger partial charge in [-0.05, 0) is 26.0 Å². The summed E-state index contributed by atoms with van der Waals surface area (Å²) in [4.78, 5) is 11.3. The van der Waals surface area contributed by atoms with Gasteiger partial charge in [0.25, 0.3) is 0 Å². The van der Waals surface area contributed by atoms with Crippen LogP contribution in [0.5, 0.6) is 17.2 Å². The number of benzene rings is 1. The maximum atomic E-state index is 11.3. The molecule has 0 saturated carbocycles. The third-order valence-electron chi connectivity index (χ3n) is 2.03. The summed E-state index contributed by atoms with van der Waals surface area (Å²) >= 11 is 0. The third-order valence-corrected chi connectivity index (χ3v) is 2.03. The van der Waals surface area contributed by atoms with Crippen molar-refractivity contribution in [2.45, 2.75) is 19.9 Å². The van der Waals surface area contributed by atoms with Crippen molar-refractivity contribution in [2.24, 2.45) is 5.73 Å². The van der Waals surface area contributed by atoms with Gasteiger partial charge in [-0.1, -0.05) is 0 Å². The Bertz CT molecular complexity index is 390. The lowest BCUT2D eigenvalue weighted by molar-refractivity contribution is -0.135. The lowest BCUT2D eigenvalue weighted by Crippen LogP contribution is -2.30. The summed E-state index contributed by atoms with van der Waals surface area (Å²) in [6, 6.07) is 4.25. The summed E-state index contributed by atoms with van der Waals surface area (Å²) < 4.78 is 15.5. The van der Waals surface area contributed by atoms with E-state index >= 15 is 0 Å². The number of methoxy groups -OCH3 is 1. The van der Waals surface area contributed by atoms with Gasteiger partial charge in [0.05, 0.1) is 13.7 Å². The first-order valence-corrected chi connectivity index (χ1v) is 5.36. The second kappa shape index (κ2) is 6.10. The van der Waals surface area contributed by atoms with Crippen LogP contribution >= 0.6 is 0 Å². The van der Waals surface area contributed by atoms with Gasteiger partial charge in [-0.3, -0.25) is 0 Å². The predicted molar refractivity (Wildman–Crippen MR) is 63.4 cm³/mol. The van der Waals surface area contributed by atoms with E-state index < -0.39 is 12.0 Å². The Morgan fingerprint density at radius 2 is 2.12 bits per heavy atom. The van der Waals surface area contributed by atoms with Crippen molar-refractivity contribution in [1.29, 1.82) is 0 Å². The van der Waals surface area contributed by atoms with Gasteiger partial charge in [0.15, 0.2) is 11.5 Å². The van der Waals surface area contributed by atoms with Gasteiger partial charge in [0.2, 0.25) is 0 Å². The molecule has 0 fully saturated rings. The van der Waals surface area contributed by atoms with Crippen molar-refractivity contribution in [3.05, 3.63) is 18.2 Å². The molecule has 1 aromatic carbocycles.